The first-order valence-corrected chi connectivity index (χ1v) is 26.1. The zero-order chi connectivity index (χ0) is 46.2. The van der Waals surface area contributed by atoms with Crippen LogP contribution in [0.2, 0.25) is 0 Å². The van der Waals surface area contributed by atoms with Crippen LogP contribution < -0.4 is 0 Å². The third-order valence-electron chi connectivity index (χ3n) is 9.83. The maximum atomic E-state index is 12.7. The number of rotatable bonds is 44. The molecule has 0 aliphatic heterocycles. The zero-order valence-electron chi connectivity index (χ0n) is 40.8. The molecule has 0 spiro atoms. The van der Waals surface area contributed by atoms with Crippen molar-refractivity contribution in [3.05, 3.63) is 109 Å². The summed E-state index contributed by atoms with van der Waals surface area (Å²) in [5.74, 6) is -0.336. The van der Waals surface area contributed by atoms with Crippen LogP contribution >= 0.6 is 7.82 Å². The summed E-state index contributed by atoms with van der Waals surface area (Å²) >= 11 is 0. The molecule has 1 N–H and O–H groups in total. The molecule has 0 aliphatic carbocycles. The van der Waals surface area contributed by atoms with Crippen LogP contribution in [-0.2, 0) is 27.9 Å². The topological polar surface area (TPSA) is 91.3 Å². The van der Waals surface area contributed by atoms with Gasteiger partial charge in [-0.25, -0.2) is 4.57 Å². The summed E-state index contributed by atoms with van der Waals surface area (Å²) in [5.41, 5.74) is 0. The first kappa shape index (κ1) is 60.2. The molecule has 9 heteroatoms. The van der Waals surface area contributed by atoms with E-state index in [9.17, 15) is 14.3 Å². The molecule has 0 saturated carbocycles. The number of likely N-dealkylation sites (N-methyl/N-ethyl adjacent to an activating group) is 1. The molecule has 0 aromatic carbocycles. The van der Waals surface area contributed by atoms with Crippen molar-refractivity contribution in [2.75, 3.05) is 54.1 Å². The third-order valence-corrected chi connectivity index (χ3v) is 10.8. The Morgan fingerprint density at radius 1 is 0.492 bits per heavy atom. The van der Waals surface area contributed by atoms with Crippen LogP contribution in [0.25, 0.3) is 0 Å². The van der Waals surface area contributed by atoms with E-state index in [1.807, 2.05) is 21.1 Å². The van der Waals surface area contributed by atoms with Crippen LogP contribution in [-0.4, -0.2) is 75.6 Å². The summed E-state index contributed by atoms with van der Waals surface area (Å²) < 4.78 is 35.1. The van der Waals surface area contributed by atoms with Crippen molar-refractivity contribution in [2.45, 2.75) is 174 Å². The molecule has 63 heavy (non-hydrogen) atoms. The maximum Gasteiger partial charge on any atom is 0.472 e. The van der Waals surface area contributed by atoms with Gasteiger partial charge < -0.3 is 18.9 Å². The summed E-state index contributed by atoms with van der Waals surface area (Å²) in [7, 11) is 1.63. The fourth-order valence-electron chi connectivity index (χ4n) is 6.10. The summed E-state index contributed by atoms with van der Waals surface area (Å²) in [6, 6.07) is 0. The minimum Gasteiger partial charge on any atom is -0.457 e. The predicted octanol–water partition coefficient (Wildman–Crippen LogP) is 15.2. The number of carbonyl (C=O) groups excluding carboxylic acids is 1. The van der Waals surface area contributed by atoms with Gasteiger partial charge in [0.2, 0.25) is 0 Å². The van der Waals surface area contributed by atoms with Crippen molar-refractivity contribution in [1.29, 1.82) is 0 Å². The number of hydrogen-bond acceptors (Lipinski definition) is 6. The fourth-order valence-corrected chi connectivity index (χ4v) is 6.84. The van der Waals surface area contributed by atoms with Crippen LogP contribution in [0.1, 0.15) is 168 Å². The van der Waals surface area contributed by atoms with Crippen LogP contribution in [0, 0.1) is 0 Å². The van der Waals surface area contributed by atoms with E-state index in [0.717, 1.165) is 109 Å². The van der Waals surface area contributed by atoms with Crippen LogP contribution in [0.4, 0.5) is 0 Å². The Morgan fingerprint density at radius 3 is 1.30 bits per heavy atom. The molecule has 0 aromatic heterocycles. The number of carbonyl (C=O) groups is 1. The highest BCUT2D eigenvalue weighted by molar-refractivity contribution is 7.47. The van der Waals surface area contributed by atoms with Gasteiger partial charge in [0, 0.05) is 13.0 Å². The van der Waals surface area contributed by atoms with E-state index < -0.39 is 13.9 Å². The lowest BCUT2D eigenvalue weighted by atomic mass is 10.1. The lowest BCUT2D eigenvalue weighted by Crippen LogP contribution is -2.37. The van der Waals surface area contributed by atoms with E-state index in [-0.39, 0.29) is 25.8 Å². The third kappa shape index (κ3) is 50.0. The second-order valence-electron chi connectivity index (χ2n) is 17.1. The van der Waals surface area contributed by atoms with E-state index in [2.05, 4.69) is 123 Å². The fraction of sp³-hybridized carbons (Fsp3) is 0.648. The highest BCUT2D eigenvalue weighted by atomic mass is 31.2. The molecule has 0 aliphatic rings. The first-order chi connectivity index (χ1) is 30.6. The molecule has 2 atom stereocenters. The Hall–Kier alpha value is -2.84. The molecule has 8 nitrogen and oxygen atoms in total. The van der Waals surface area contributed by atoms with Gasteiger partial charge in [0.05, 0.1) is 34.4 Å². The van der Waals surface area contributed by atoms with Gasteiger partial charge >= 0.3 is 13.8 Å². The Labute approximate surface area is 387 Å². The van der Waals surface area contributed by atoms with Crippen molar-refractivity contribution in [1.82, 2.24) is 0 Å². The number of phosphoric acid groups is 1. The van der Waals surface area contributed by atoms with Gasteiger partial charge in [0.15, 0.2) is 0 Å². The number of allylic oxidation sites excluding steroid dienone is 18. The molecule has 2 unspecified atom stereocenters. The van der Waals surface area contributed by atoms with Crippen molar-refractivity contribution >= 4 is 13.8 Å². The van der Waals surface area contributed by atoms with Crippen molar-refractivity contribution in [3.63, 3.8) is 0 Å². The number of nitrogens with zero attached hydrogens (tertiary/aromatic N) is 1. The maximum absolute atomic E-state index is 12.7. The molecule has 0 aromatic rings. The highest BCUT2D eigenvalue weighted by Crippen LogP contribution is 2.43. The number of ether oxygens (including phenoxy) is 2. The summed E-state index contributed by atoms with van der Waals surface area (Å²) in [4.78, 5) is 23.0. The average Bonchev–Trinajstić information content (AvgIpc) is 3.24. The van der Waals surface area contributed by atoms with Crippen molar-refractivity contribution in [2.24, 2.45) is 0 Å². The highest BCUT2D eigenvalue weighted by Gasteiger charge is 2.26. The first-order valence-electron chi connectivity index (χ1n) is 24.6. The quantitative estimate of drug-likeness (QED) is 0.0214. The number of unbranched alkanes of at least 4 members (excludes halogenated alkanes) is 12. The molecule has 0 fully saturated rings. The monoisotopic (exact) mass is 899 g/mol. The van der Waals surface area contributed by atoms with E-state index in [0.29, 0.717) is 24.1 Å². The number of phosphoric ester groups is 1. The molecular formula is C54H93NO7P+. The molecule has 360 valence electrons. The number of hydrogen-bond donors (Lipinski definition) is 1. The number of quaternary nitrogens is 1. The molecule has 0 heterocycles. The van der Waals surface area contributed by atoms with Gasteiger partial charge in [-0.2, -0.15) is 0 Å². The van der Waals surface area contributed by atoms with E-state index in [1.165, 1.54) is 38.5 Å². The molecular weight excluding hydrogens is 806 g/mol. The molecule has 0 saturated heterocycles. The molecule has 0 amide bonds. The molecule has 0 radical (unpaired) electrons. The normalized spacial score (nSPS) is 14.6. The van der Waals surface area contributed by atoms with E-state index in [1.54, 1.807) is 0 Å². The lowest BCUT2D eigenvalue weighted by molar-refractivity contribution is -0.870. The van der Waals surface area contributed by atoms with Crippen LogP contribution in [0.3, 0.4) is 0 Å². The van der Waals surface area contributed by atoms with Crippen molar-refractivity contribution < 1.29 is 37.3 Å². The van der Waals surface area contributed by atoms with Gasteiger partial charge in [0.25, 0.3) is 0 Å². The summed E-state index contributed by atoms with van der Waals surface area (Å²) in [5, 5.41) is 0. The van der Waals surface area contributed by atoms with Gasteiger partial charge in [-0.15, -0.1) is 0 Å². The second-order valence-corrected chi connectivity index (χ2v) is 18.5. The molecule has 0 bridgehead atoms. The van der Waals surface area contributed by atoms with Gasteiger partial charge in [-0.3, -0.25) is 13.8 Å². The largest absolute Gasteiger partial charge is 0.472 e. The Kier molecular flexibility index (Phi) is 43.7. The smallest absolute Gasteiger partial charge is 0.457 e. The Morgan fingerprint density at radius 2 is 0.873 bits per heavy atom. The van der Waals surface area contributed by atoms with Crippen LogP contribution in [0.5, 0.6) is 0 Å². The number of esters is 1. The standard InChI is InChI=1S/C54H92NO7P/c1-6-8-10-12-14-16-18-20-22-24-25-26-27-28-29-30-32-34-36-38-40-42-44-46-49-59-51-53(52-61-63(57,58)60-50-48-55(3,4)5)62-54(56)47-45-43-41-39-37-35-33-31-23-21-19-17-15-13-11-9-7-2/h8-11,14-17,20-23,25-26,28-29,32,34,53H,6-7,12-13,18-19,24,27,30-31,33,35-52H2,1-5H3/p+1/b10-8-,11-9-,16-14-,17-15-,22-20-,23-21-,26-25-,29-28-,34-32-. The minimum atomic E-state index is -4.30. The Balaban J connectivity index is 4.26. The average molecular weight is 899 g/mol. The zero-order valence-corrected chi connectivity index (χ0v) is 41.7. The summed E-state index contributed by atoms with van der Waals surface area (Å²) in [6.07, 6.45) is 64.2. The Bertz CT molecular complexity index is 1370. The van der Waals surface area contributed by atoms with Crippen molar-refractivity contribution in [3.8, 4) is 0 Å². The van der Waals surface area contributed by atoms with Gasteiger partial charge in [-0.1, -0.05) is 175 Å². The van der Waals surface area contributed by atoms with Gasteiger partial charge in [0.1, 0.15) is 19.3 Å². The predicted molar refractivity (Wildman–Crippen MR) is 270 cm³/mol. The second kappa shape index (κ2) is 45.7. The van der Waals surface area contributed by atoms with E-state index >= 15 is 0 Å². The molecule has 0 rings (SSSR count). The van der Waals surface area contributed by atoms with Gasteiger partial charge in [-0.05, 0) is 96.3 Å². The summed E-state index contributed by atoms with van der Waals surface area (Å²) in [6.45, 7) is 5.31. The lowest BCUT2D eigenvalue weighted by Gasteiger charge is -2.24. The van der Waals surface area contributed by atoms with Crippen LogP contribution in [0.15, 0.2) is 109 Å². The minimum absolute atomic E-state index is 0.0755. The SMILES string of the molecule is CC/C=C\C/C=C\C/C=C\C/C=C\C/C=C\C/C=C\CCCCCCCOCC(COP(=O)(O)OCC[N+](C)(C)C)OC(=O)CCCCCCCCC/C=C\C/C=C\C/C=C\CC. The van der Waals surface area contributed by atoms with E-state index in [4.69, 9.17) is 18.5 Å².